The fraction of sp³-hybridized carbons (Fsp3) is 0.500. The molecule has 2 heterocycles. The van der Waals surface area contributed by atoms with Gasteiger partial charge in [0.05, 0.1) is 18.1 Å². The van der Waals surface area contributed by atoms with Crippen molar-refractivity contribution in [1.29, 1.82) is 0 Å². The van der Waals surface area contributed by atoms with Gasteiger partial charge in [-0.3, -0.25) is 14.9 Å². The van der Waals surface area contributed by atoms with Gasteiger partial charge in [0.25, 0.3) is 0 Å². The maximum Gasteiger partial charge on any atom is 0.329 e. The molecule has 10 nitrogen and oxygen atoms in total. The summed E-state index contributed by atoms with van der Waals surface area (Å²) < 4.78 is 5.24. The fourth-order valence-electron chi connectivity index (χ4n) is 1.96. The molecule has 1 unspecified atom stereocenters. The molecule has 0 saturated carbocycles. The zero-order chi connectivity index (χ0) is 14.7. The molecule has 2 rings (SSSR count). The summed E-state index contributed by atoms with van der Waals surface area (Å²) >= 11 is 0. The second-order valence-corrected chi connectivity index (χ2v) is 4.09. The van der Waals surface area contributed by atoms with Crippen LogP contribution in [-0.4, -0.2) is 53.6 Å². The van der Waals surface area contributed by atoms with Crippen LogP contribution in [0, 0.1) is 10.1 Å². The highest BCUT2D eigenvalue weighted by molar-refractivity contribution is 5.86. The number of hydrogen-bond acceptors (Lipinski definition) is 8. The average molecular weight is 282 g/mol. The quantitative estimate of drug-likeness (QED) is 0.527. The van der Waals surface area contributed by atoms with Gasteiger partial charge in [0, 0.05) is 13.6 Å². The van der Waals surface area contributed by atoms with E-state index in [1.165, 1.54) is 11.9 Å². The van der Waals surface area contributed by atoms with E-state index in [0.717, 1.165) is 6.20 Å². The molecule has 1 saturated heterocycles. The smallest absolute Gasteiger partial charge is 0.329 e. The Labute approximate surface area is 114 Å². The minimum Gasteiger partial charge on any atom is -0.377 e. The van der Waals surface area contributed by atoms with Gasteiger partial charge in [0.2, 0.25) is 17.7 Å². The van der Waals surface area contributed by atoms with Gasteiger partial charge in [-0.25, -0.2) is 4.98 Å². The van der Waals surface area contributed by atoms with Gasteiger partial charge >= 0.3 is 5.69 Å². The highest BCUT2D eigenvalue weighted by atomic mass is 16.6. The van der Waals surface area contributed by atoms with Crippen molar-refractivity contribution in [3.8, 4) is 0 Å². The number of morpholine rings is 1. The SMILES string of the molecule is CNC(=O)C1COCCN1c1nc(N)ncc1[N+](=O)[O-]. The van der Waals surface area contributed by atoms with Crippen molar-refractivity contribution in [1.82, 2.24) is 15.3 Å². The molecule has 0 aromatic carbocycles. The van der Waals surface area contributed by atoms with Gasteiger partial charge in [-0.2, -0.15) is 4.98 Å². The lowest BCUT2D eigenvalue weighted by molar-refractivity contribution is -0.384. The topological polar surface area (TPSA) is 137 Å². The van der Waals surface area contributed by atoms with Crippen LogP contribution in [0.5, 0.6) is 0 Å². The van der Waals surface area contributed by atoms with Gasteiger partial charge in [-0.15, -0.1) is 0 Å². The molecule has 20 heavy (non-hydrogen) atoms. The molecule has 108 valence electrons. The van der Waals surface area contributed by atoms with Crippen molar-refractivity contribution in [2.75, 3.05) is 37.4 Å². The number of ether oxygens (including phenoxy) is 1. The van der Waals surface area contributed by atoms with Gasteiger partial charge in [-0.05, 0) is 0 Å². The number of nitrogens with zero attached hydrogens (tertiary/aromatic N) is 4. The summed E-state index contributed by atoms with van der Waals surface area (Å²) in [6, 6.07) is -0.693. The number of rotatable bonds is 3. The van der Waals surface area contributed by atoms with E-state index in [4.69, 9.17) is 10.5 Å². The number of nitrogens with one attached hydrogen (secondary N) is 1. The molecular formula is C10H14N6O4. The van der Waals surface area contributed by atoms with E-state index in [1.54, 1.807) is 0 Å². The van der Waals surface area contributed by atoms with Crippen molar-refractivity contribution in [3.63, 3.8) is 0 Å². The lowest BCUT2D eigenvalue weighted by atomic mass is 10.2. The number of carbonyl (C=O) groups excluding carboxylic acids is 1. The number of nitro groups is 1. The molecule has 0 bridgehead atoms. The molecule has 1 fully saturated rings. The largest absolute Gasteiger partial charge is 0.377 e. The van der Waals surface area contributed by atoms with Crippen LogP contribution in [0.3, 0.4) is 0 Å². The Morgan fingerprint density at radius 1 is 1.70 bits per heavy atom. The summed E-state index contributed by atoms with van der Waals surface area (Å²) in [5.41, 5.74) is 5.19. The summed E-state index contributed by atoms with van der Waals surface area (Å²) in [6.07, 6.45) is 1.04. The van der Waals surface area contributed by atoms with Gasteiger partial charge in [0.1, 0.15) is 12.2 Å². The first-order valence-electron chi connectivity index (χ1n) is 5.87. The number of hydrogen-bond donors (Lipinski definition) is 2. The molecule has 1 atom stereocenters. The Hall–Kier alpha value is -2.49. The molecule has 0 radical (unpaired) electrons. The molecule has 10 heteroatoms. The lowest BCUT2D eigenvalue weighted by Crippen LogP contribution is -2.53. The molecule has 1 amide bonds. The second-order valence-electron chi connectivity index (χ2n) is 4.09. The van der Waals surface area contributed by atoms with E-state index in [0.29, 0.717) is 13.2 Å². The third-order valence-corrected chi connectivity index (χ3v) is 2.91. The Morgan fingerprint density at radius 3 is 3.10 bits per heavy atom. The van der Waals surface area contributed by atoms with Gasteiger partial charge in [-0.1, -0.05) is 0 Å². The molecular weight excluding hydrogens is 268 g/mol. The first kappa shape index (κ1) is 13.9. The predicted molar refractivity (Wildman–Crippen MR) is 69.1 cm³/mol. The summed E-state index contributed by atoms with van der Waals surface area (Å²) in [7, 11) is 1.48. The van der Waals surface area contributed by atoms with Crippen molar-refractivity contribution < 1.29 is 14.5 Å². The van der Waals surface area contributed by atoms with Crippen molar-refractivity contribution in [3.05, 3.63) is 16.3 Å². The summed E-state index contributed by atoms with van der Waals surface area (Å²) in [5, 5.41) is 13.5. The molecule has 1 aromatic heterocycles. The summed E-state index contributed by atoms with van der Waals surface area (Å²) in [6.45, 7) is 0.769. The Morgan fingerprint density at radius 2 is 2.45 bits per heavy atom. The Kier molecular flexibility index (Phi) is 3.94. The monoisotopic (exact) mass is 282 g/mol. The van der Waals surface area contributed by atoms with Crippen LogP contribution >= 0.6 is 0 Å². The number of nitrogens with two attached hydrogens (primary N) is 1. The number of carbonyl (C=O) groups is 1. The number of nitrogen functional groups attached to an aromatic ring is 1. The van der Waals surface area contributed by atoms with E-state index < -0.39 is 11.0 Å². The van der Waals surface area contributed by atoms with Crippen LogP contribution in [0.2, 0.25) is 0 Å². The number of amides is 1. The molecule has 1 aromatic rings. The Bertz CT molecular complexity index is 536. The van der Waals surface area contributed by atoms with Crippen LogP contribution in [0.25, 0.3) is 0 Å². The van der Waals surface area contributed by atoms with E-state index in [-0.39, 0.29) is 30.0 Å². The third kappa shape index (κ3) is 2.59. The van der Waals surface area contributed by atoms with Crippen molar-refractivity contribution in [2.24, 2.45) is 0 Å². The first-order valence-corrected chi connectivity index (χ1v) is 5.87. The van der Waals surface area contributed by atoms with E-state index in [9.17, 15) is 14.9 Å². The fourth-order valence-corrected chi connectivity index (χ4v) is 1.96. The van der Waals surface area contributed by atoms with Gasteiger partial charge < -0.3 is 20.7 Å². The highest BCUT2D eigenvalue weighted by Gasteiger charge is 2.34. The van der Waals surface area contributed by atoms with Crippen LogP contribution in [0.4, 0.5) is 17.5 Å². The first-order chi connectivity index (χ1) is 9.54. The van der Waals surface area contributed by atoms with Gasteiger partial charge in [0.15, 0.2) is 0 Å². The second kappa shape index (κ2) is 5.65. The lowest BCUT2D eigenvalue weighted by Gasteiger charge is -2.34. The van der Waals surface area contributed by atoms with E-state index >= 15 is 0 Å². The molecule has 1 aliphatic rings. The van der Waals surface area contributed by atoms with Crippen LogP contribution in [0.1, 0.15) is 0 Å². The van der Waals surface area contributed by atoms with E-state index in [1.807, 2.05) is 0 Å². The Balaban J connectivity index is 2.44. The molecule has 0 aliphatic carbocycles. The summed E-state index contributed by atoms with van der Waals surface area (Å²) in [5.74, 6) is -0.372. The van der Waals surface area contributed by atoms with Crippen LogP contribution in [0.15, 0.2) is 6.20 Å². The van der Waals surface area contributed by atoms with E-state index in [2.05, 4.69) is 15.3 Å². The van der Waals surface area contributed by atoms with Crippen molar-refractivity contribution in [2.45, 2.75) is 6.04 Å². The average Bonchev–Trinajstić information content (AvgIpc) is 2.46. The zero-order valence-corrected chi connectivity index (χ0v) is 10.8. The maximum absolute atomic E-state index is 11.8. The summed E-state index contributed by atoms with van der Waals surface area (Å²) in [4.78, 5) is 31.3. The minimum atomic E-state index is -0.693. The molecule has 0 spiro atoms. The minimum absolute atomic E-state index is 0.0272. The third-order valence-electron chi connectivity index (χ3n) is 2.91. The number of aromatic nitrogens is 2. The van der Waals surface area contributed by atoms with Crippen molar-refractivity contribution >= 4 is 23.4 Å². The maximum atomic E-state index is 11.8. The molecule has 1 aliphatic heterocycles. The van der Waals surface area contributed by atoms with Crippen LogP contribution in [-0.2, 0) is 9.53 Å². The van der Waals surface area contributed by atoms with Crippen LogP contribution < -0.4 is 16.0 Å². The predicted octanol–water partition coefficient (Wildman–Crippen LogP) is -1.08. The molecule has 3 N–H and O–H groups in total. The number of anilines is 2. The standard InChI is InChI=1S/C10H14N6O4/c1-12-9(17)7-5-20-3-2-15(7)8-6(16(18)19)4-13-10(11)14-8/h4,7H,2-3,5H2,1H3,(H,12,17)(H2,11,13,14). The number of likely N-dealkylation sites (N-methyl/N-ethyl adjacent to an activating group) is 1. The normalized spacial score (nSPS) is 18.6. The zero-order valence-electron chi connectivity index (χ0n) is 10.8. The highest BCUT2D eigenvalue weighted by Crippen LogP contribution is 2.28.